The minimum absolute atomic E-state index is 0.633. The van der Waals surface area contributed by atoms with E-state index < -0.39 is 0 Å². The highest BCUT2D eigenvalue weighted by atomic mass is 16.5. The Morgan fingerprint density at radius 2 is 1.72 bits per heavy atom. The van der Waals surface area contributed by atoms with E-state index in [1.807, 2.05) is 32.3 Å². The lowest BCUT2D eigenvalue weighted by Crippen LogP contribution is -2.19. The zero-order chi connectivity index (χ0) is 13.2. The van der Waals surface area contributed by atoms with Crippen LogP contribution in [0.3, 0.4) is 0 Å². The number of hydrogen-bond acceptors (Lipinski definition) is 3. The lowest BCUT2D eigenvalue weighted by Gasteiger charge is -2.10. The Hall–Kier alpha value is -1.16. The quantitative estimate of drug-likeness (QED) is 0.627. The predicted octanol–water partition coefficient (Wildman–Crippen LogP) is 2.42. The molecule has 0 bridgehead atoms. The van der Waals surface area contributed by atoms with Crippen LogP contribution < -0.4 is 0 Å². The van der Waals surface area contributed by atoms with Crippen LogP contribution in [0.1, 0.15) is 11.1 Å². The smallest absolute Gasteiger partial charge is 0.0718 e. The molecule has 100 valence electrons. The molecule has 18 heavy (non-hydrogen) atoms. The van der Waals surface area contributed by atoms with Gasteiger partial charge in [-0.25, -0.2) is 0 Å². The van der Waals surface area contributed by atoms with Crippen molar-refractivity contribution in [3.05, 3.63) is 42.0 Å². The number of nitrogens with zero attached hydrogens (tertiary/aromatic N) is 1. The van der Waals surface area contributed by atoms with Gasteiger partial charge in [0.05, 0.1) is 26.4 Å². The molecule has 1 aromatic carbocycles. The minimum Gasteiger partial charge on any atom is -0.378 e. The molecule has 0 spiro atoms. The van der Waals surface area contributed by atoms with Gasteiger partial charge in [0, 0.05) is 6.54 Å². The van der Waals surface area contributed by atoms with Gasteiger partial charge in [-0.2, -0.15) is 0 Å². The lowest BCUT2D eigenvalue weighted by molar-refractivity contribution is 0.0361. The van der Waals surface area contributed by atoms with Gasteiger partial charge in [-0.05, 0) is 25.2 Å². The van der Waals surface area contributed by atoms with E-state index in [1.54, 1.807) is 0 Å². The molecule has 0 unspecified atom stereocenters. The first-order valence-corrected chi connectivity index (χ1v) is 6.24. The van der Waals surface area contributed by atoms with Crippen molar-refractivity contribution in [3.8, 4) is 0 Å². The number of likely N-dealkylation sites (N-methyl/N-ethyl adjacent to an activating group) is 1. The molecule has 0 heterocycles. The van der Waals surface area contributed by atoms with E-state index in [0.717, 1.165) is 18.7 Å². The molecule has 0 aliphatic carbocycles. The fraction of sp³-hybridized carbons (Fsp3) is 0.467. The second-order valence-electron chi connectivity index (χ2n) is 4.41. The van der Waals surface area contributed by atoms with Gasteiger partial charge in [-0.15, -0.1) is 0 Å². The fourth-order valence-electron chi connectivity index (χ4n) is 1.41. The number of rotatable bonds is 9. The van der Waals surface area contributed by atoms with Crippen molar-refractivity contribution in [2.24, 2.45) is 0 Å². The van der Waals surface area contributed by atoms with Crippen molar-refractivity contribution in [1.82, 2.24) is 4.90 Å². The van der Waals surface area contributed by atoms with E-state index >= 15 is 0 Å². The number of benzene rings is 1. The van der Waals surface area contributed by atoms with Crippen LogP contribution in [-0.4, -0.2) is 45.4 Å². The van der Waals surface area contributed by atoms with Gasteiger partial charge in [-0.1, -0.05) is 36.9 Å². The van der Waals surface area contributed by atoms with Gasteiger partial charge in [-0.3, -0.25) is 0 Å². The number of ether oxygens (including phenoxy) is 2. The summed E-state index contributed by atoms with van der Waals surface area (Å²) in [5.74, 6) is 0. The molecule has 3 nitrogen and oxygen atoms in total. The molecule has 0 aliphatic rings. The summed E-state index contributed by atoms with van der Waals surface area (Å²) in [6, 6.07) is 8.20. The van der Waals surface area contributed by atoms with Gasteiger partial charge in [0.25, 0.3) is 0 Å². The first kappa shape index (κ1) is 14.9. The summed E-state index contributed by atoms with van der Waals surface area (Å²) in [4.78, 5) is 2.10. The molecule has 1 rings (SSSR count). The van der Waals surface area contributed by atoms with E-state index in [0.29, 0.717) is 19.8 Å². The van der Waals surface area contributed by atoms with Crippen LogP contribution >= 0.6 is 0 Å². The molecule has 0 radical (unpaired) electrons. The van der Waals surface area contributed by atoms with Crippen LogP contribution in [0.2, 0.25) is 0 Å². The molecule has 0 N–H and O–H groups in total. The normalized spacial score (nSPS) is 10.8. The van der Waals surface area contributed by atoms with Crippen molar-refractivity contribution in [3.63, 3.8) is 0 Å². The highest BCUT2D eigenvalue weighted by molar-refractivity contribution is 5.47. The van der Waals surface area contributed by atoms with E-state index in [1.165, 1.54) is 5.56 Å². The summed E-state index contributed by atoms with van der Waals surface area (Å²) < 4.78 is 11.0. The third-order valence-electron chi connectivity index (χ3n) is 2.54. The van der Waals surface area contributed by atoms with Crippen LogP contribution in [0.5, 0.6) is 0 Å². The zero-order valence-corrected chi connectivity index (χ0v) is 11.4. The largest absolute Gasteiger partial charge is 0.378 e. The fourth-order valence-corrected chi connectivity index (χ4v) is 1.41. The summed E-state index contributed by atoms with van der Waals surface area (Å²) in [7, 11) is 4.07. The molecule has 3 heteroatoms. The maximum atomic E-state index is 5.54. The van der Waals surface area contributed by atoms with Crippen molar-refractivity contribution in [1.29, 1.82) is 0 Å². The Balaban J connectivity index is 2.05. The summed E-state index contributed by atoms with van der Waals surface area (Å²) in [6.45, 7) is 7.35. The van der Waals surface area contributed by atoms with Gasteiger partial charge in [0.2, 0.25) is 0 Å². The zero-order valence-electron chi connectivity index (χ0n) is 11.4. The lowest BCUT2D eigenvalue weighted by atomic mass is 10.1. The first-order chi connectivity index (χ1) is 8.72. The predicted molar refractivity (Wildman–Crippen MR) is 75.6 cm³/mol. The average Bonchev–Trinajstić information content (AvgIpc) is 2.38. The standard InChI is InChI=1S/C15H23NO2/c1-4-14-5-7-15(8-6-14)13-18-12-11-17-10-9-16(2)3/h4-8H,1,9-13H2,2-3H3. The van der Waals surface area contributed by atoms with Crippen LogP contribution in [-0.2, 0) is 16.1 Å². The molecule has 0 saturated heterocycles. The SMILES string of the molecule is C=Cc1ccc(COCCOCCN(C)C)cc1. The maximum absolute atomic E-state index is 5.54. The molecule has 0 aliphatic heterocycles. The van der Waals surface area contributed by atoms with E-state index in [2.05, 4.69) is 23.6 Å². The van der Waals surface area contributed by atoms with Gasteiger partial charge >= 0.3 is 0 Å². The Morgan fingerprint density at radius 1 is 1.06 bits per heavy atom. The molecule has 0 fully saturated rings. The summed E-state index contributed by atoms with van der Waals surface area (Å²) in [5.41, 5.74) is 2.31. The topological polar surface area (TPSA) is 21.7 Å². The van der Waals surface area contributed by atoms with E-state index in [-0.39, 0.29) is 0 Å². The maximum Gasteiger partial charge on any atom is 0.0718 e. The van der Waals surface area contributed by atoms with E-state index in [9.17, 15) is 0 Å². The third-order valence-corrected chi connectivity index (χ3v) is 2.54. The minimum atomic E-state index is 0.633. The second-order valence-corrected chi connectivity index (χ2v) is 4.41. The number of hydrogen-bond donors (Lipinski definition) is 0. The van der Waals surface area contributed by atoms with Crippen molar-refractivity contribution in [2.45, 2.75) is 6.61 Å². The molecule has 1 aromatic rings. The molecule has 0 saturated carbocycles. The molecular formula is C15H23NO2. The van der Waals surface area contributed by atoms with Crippen LogP contribution in [0.4, 0.5) is 0 Å². The monoisotopic (exact) mass is 249 g/mol. The Kier molecular flexibility index (Phi) is 7.34. The van der Waals surface area contributed by atoms with E-state index in [4.69, 9.17) is 9.47 Å². The van der Waals surface area contributed by atoms with Gasteiger partial charge in [0.1, 0.15) is 0 Å². The third kappa shape index (κ3) is 6.55. The van der Waals surface area contributed by atoms with Crippen LogP contribution in [0.25, 0.3) is 6.08 Å². The van der Waals surface area contributed by atoms with Gasteiger partial charge in [0.15, 0.2) is 0 Å². The summed E-state index contributed by atoms with van der Waals surface area (Å²) >= 11 is 0. The second kappa shape index (κ2) is 8.86. The highest BCUT2D eigenvalue weighted by Crippen LogP contribution is 2.06. The Bertz CT molecular complexity index is 333. The molecular weight excluding hydrogens is 226 g/mol. The van der Waals surface area contributed by atoms with Crippen LogP contribution in [0.15, 0.2) is 30.8 Å². The van der Waals surface area contributed by atoms with Crippen LogP contribution in [0, 0.1) is 0 Å². The molecule has 0 atom stereocenters. The van der Waals surface area contributed by atoms with Crippen molar-refractivity contribution < 1.29 is 9.47 Å². The van der Waals surface area contributed by atoms with Gasteiger partial charge < -0.3 is 14.4 Å². The summed E-state index contributed by atoms with van der Waals surface area (Å²) in [5, 5.41) is 0. The molecule has 0 amide bonds. The van der Waals surface area contributed by atoms with Crippen molar-refractivity contribution >= 4 is 6.08 Å². The Labute approximate surface area is 110 Å². The average molecular weight is 249 g/mol. The summed E-state index contributed by atoms with van der Waals surface area (Å²) in [6.07, 6.45) is 1.84. The first-order valence-electron chi connectivity index (χ1n) is 6.24. The Morgan fingerprint density at radius 3 is 2.33 bits per heavy atom. The van der Waals surface area contributed by atoms with Crippen molar-refractivity contribution in [2.75, 3.05) is 40.5 Å². The highest BCUT2D eigenvalue weighted by Gasteiger charge is 1.94. The molecule has 0 aromatic heterocycles.